The maximum absolute atomic E-state index is 13.1. The van der Waals surface area contributed by atoms with Gasteiger partial charge in [0.1, 0.15) is 17.5 Å². The fraction of sp³-hybridized carbons (Fsp3) is 0.385. The molecule has 112 valence electrons. The molecule has 0 saturated carbocycles. The van der Waals surface area contributed by atoms with Gasteiger partial charge >= 0.3 is 0 Å². The zero-order chi connectivity index (χ0) is 15.2. The Hall–Kier alpha value is -1.80. The summed E-state index contributed by atoms with van der Waals surface area (Å²) in [6, 6.07) is 3.70. The van der Waals surface area contributed by atoms with Gasteiger partial charge < -0.3 is 4.57 Å². The Morgan fingerprint density at radius 2 is 1.95 bits per heavy atom. The van der Waals surface area contributed by atoms with E-state index in [4.69, 9.17) is 0 Å². The SMILES string of the molecule is Cc1cc(F)ccc1S(=O)(=O)N1CCn2c(C)nnc2C1. The van der Waals surface area contributed by atoms with E-state index < -0.39 is 15.8 Å². The molecule has 2 aromatic rings. The average Bonchev–Trinajstić information content (AvgIpc) is 2.79. The summed E-state index contributed by atoms with van der Waals surface area (Å²) in [6.45, 7) is 4.48. The number of aromatic nitrogens is 3. The first-order valence-electron chi connectivity index (χ1n) is 6.54. The van der Waals surface area contributed by atoms with Crippen LogP contribution in [-0.4, -0.2) is 34.0 Å². The summed E-state index contributed by atoms with van der Waals surface area (Å²) >= 11 is 0. The molecule has 0 radical (unpaired) electrons. The molecule has 8 heteroatoms. The molecular formula is C13H15FN4O2S. The van der Waals surface area contributed by atoms with Gasteiger partial charge in [0.25, 0.3) is 0 Å². The van der Waals surface area contributed by atoms with Gasteiger partial charge in [-0.05, 0) is 37.6 Å². The number of halogens is 1. The number of sulfonamides is 1. The number of benzene rings is 1. The van der Waals surface area contributed by atoms with Gasteiger partial charge in [0.05, 0.1) is 11.4 Å². The predicted octanol–water partition coefficient (Wildman–Crippen LogP) is 1.24. The molecule has 1 aliphatic heterocycles. The second-order valence-electron chi connectivity index (χ2n) is 5.06. The smallest absolute Gasteiger partial charge is 0.243 e. The predicted molar refractivity (Wildman–Crippen MR) is 73.5 cm³/mol. The third kappa shape index (κ3) is 2.34. The highest BCUT2D eigenvalue weighted by Crippen LogP contribution is 2.24. The average molecular weight is 310 g/mol. The molecule has 3 rings (SSSR count). The number of hydrogen-bond donors (Lipinski definition) is 0. The maximum Gasteiger partial charge on any atom is 0.243 e. The van der Waals surface area contributed by atoms with Gasteiger partial charge in [-0.1, -0.05) is 0 Å². The molecule has 1 aliphatic rings. The monoisotopic (exact) mass is 310 g/mol. The highest BCUT2D eigenvalue weighted by atomic mass is 32.2. The molecule has 0 bridgehead atoms. The van der Waals surface area contributed by atoms with Gasteiger partial charge in [-0.2, -0.15) is 4.31 Å². The van der Waals surface area contributed by atoms with E-state index in [9.17, 15) is 12.8 Å². The molecule has 0 unspecified atom stereocenters. The van der Waals surface area contributed by atoms with Gasteiger partial charge in [-0.15, -0.1) is 10.2 Å². The Labute approximate surface area is 122 Å². The molecule has 21 heavy (non-hydrogen) atoms. The van der Waals surface area contributed by atoms with E-state index in [2.05, 4.69) is 10.2 Å². The molecule has 0 N–H and O–H groups in total. The Balaban J connectivity index is 1.96. The minimum Gasteiger partial charge on any atom is -0.313 e. The number of aryl methyl sites for hydroxylation is 2. The number of nitrogens with zero attached hydrogens (tertiary/aromatic N) is 4. The Bertz CT molecular complexity index is 800. The normalized spacial score (nSPS) is 16.0. The minimum atomic E-state index is -3.66. The van der Waals surface area contributed by atoms with Crippen LogP contribution in [0.3, 0.4) is 0 Å². The van der Waals surface area contributed by atoms with E-state index in [0.29, 0.717) is 24.5 Å². The summed E-state index contributed by atoms with van der Waals surface area (Å²) in [6.07, 6.45) is 0. The lowest BCUT2D eigenvalue weighted by Gasteiger charge is -2.27. The second-order valence-corrected chi connectivity index (χ2v) is 6.97. The summed E-state index contributed by atoms with van der Waals surface area (Å²) in [5, 5.41) is 7.96. The zero-order valence-electron chi connectivity index (χ0n) is 11.7. The molecule has 0 saturated heterocycles. The van der Waals surface area contributed by atoms with Crippen LogP contribution in [0.2, 0.25) is 0 Å². The van der Waals surface area contributed by atoms with Gasteiger partial charge in [0.15, 0.2) is 0 Å². The molecule has 2 heterocycles. The van der Waals surface area contributed by atoms with Gasteiger partial charge in [0, 0.05) is 13.1 Å². The first kappa shape index (κ1) is 14.2. The molecule has 1 aromatic carbocycles. The molecule has 0 spiro atoms. The summed E-state index contributed by atoms with van der Waals surface area (Å²) in [4.78, 5) is 0.133. The van der Waals surface area contributed by atoms with Crippen molar-refractivity contribution in [2.24, 2.45) is 0 Å². The fourth-order valence-corrected chi connectivity index (χ4v) is 4.12. The third-order valence-electron chi connectivity index (χ3n) is 3.66. The standard InChI is InChI=1S/C13H15FN4O2S/c1-9-7-11(14)3-4-12(9)21(19,20)17-5-6-18-10(2)15-16-13(18)8-17/h3-4,7H,5-6,8H2,1-2H3. The van der Waals surface area contributed by atoms with E-state index in [-0.39, 0.29) is 11.4 Å². The lowest BCUT2D eigenvalue weighted by molar-refractivity contribution is 0.333. The van der Waals surface area contributed by atoms with Crippen LogP contribution >= 0.6 is 0 Å². The lowest BCUT2D eigenvalue weighted by Crippen LogP contribution is -2.38. The van der Waals surface area contributed by atoms with E-state index in [1.54, 1.807) is 6.92 Å². The van der Waals surface area contributed by atoms with Crippen molar-refractivity contribution in [3.05, 3.63) is 41.2 Å². The maximum atomic E-state index is 13.1. The highest BCUT2D eigenvalue weighted by Gasteiger charge is 2.31. The number of hydrogen-bond acceptors (Lipinski definition) is 4. The summed E-state index contributed by atoms with van der Waals surface area (Å²) in [7, 11) is -3.66. The first-order chi connectivity index (χ1) is 9.89. The van der Waals surface area contributed by atoms with Crippen molar-refractivity contribution in [2.75, 3.05) is 6.54 Å². The molecule has 6 nitrogen and oxygen atoms in total. The molecular weight excluding hydrogens is 295 g/mol. The van der Waals surface area contributed by atoms with Crippen molar-refractivity contribution in [2.45, 2.75) is 31.8 Å². The van der Waals surface area contributed by atoms with Crippen molar-refractivity contribution >= 4 is 10.0 Å². The van der Waals surface area contributed by atoms with Crippen LogP contribution in [0.5, 0.6) is 0 Å². The zero-order valence-corrected chi connectivity index (χ0v) is 12.6. The Kier molecular flexibility index (Phi) is 3.29. The largest absolute Gasteiger partial charge is 0.313 e. The summed E-state index contributed by atoms with van der Waals surface area (Å²) in [5.41, 5.74) is 0.401. The van der Waals surface area contributed by atoms with Gasteiger partial charge in [-0.25, -0.2) is 12.8 Å². The summed E-state index contributed by atoms with van der Waals surface area (Å²) in [5.74, 6) is 0.961. The van der Waals surface area contributed by atoms with Crippen molar-refractivity contribution in [1.82, 2.24) is 19.1 Å². The van der Waals surface area contributed by atoms with Crippen molar-refractivity contribution < 1.29 is 12.8 Å². The molecule has 0 amide bonds. The van der Waals surface area contributed by atoms with Crippen LogP contribution in [0.15, 0.2) is 23.1 Å². The third-order valence-corrected chi connectivity index (χ3v) is 5.66. The van der Waals surface area contributed by atoms with Crippen LogP contribution in [0.25, 0.3) is 0 Å². The highest BCUT2D eigenvalue weighted by molar-refractivity contribution is 7.89. The van der Waals surface area contributed by atoms with Crippen molar-refractivity contribution in [3.63, 3.8) is 0 Å². The van der Waals surface area contributed by atoms with Crippen molar-refractivity contribution in [3.8, 4) is 0 Å². The van der Waals surface area contributed by atoms with Crippen LogP contribution in [0.1, 0.15) is 17.2 Å². The lowest BCUT2D eigenvalue weighted by atomic mass is 10.2. The van der Waals surface area contributed by atoms with E-state index in [1.165, 1.54) is 16.4 Å². The topological polar surface area (TPSA) is 68.1 Å². The van der Waals surface area contributed by atoms with E-state index >= 15 is 0 Å². The van der Waals surface area contributed by atoms with Crippen LogP contribution in [0, 0.1) is 19.7 Å². The second kappa shape index (κ2) is 4.88. The van der Waals surface area contributed by atoms with Crippen LogP contribution in [-0.2, 0) is 23.1 Å². The summed E-state index contributed by atoms with van der Waals surface area (Å²) < 4.78 is 41.8. The molecule has 0 atom stereocenters. The van der Waals surface area contributed by atoms with Crippen LogP contribution < -0.4 is 0 Å². The van der Waals surface area contributed by atoms with Crippen LogP contribution in [0.4, 0.5) is 4.39 Å². The molecule has 0 fully saturated rings. The number of fused-ring (bicyclic) bond motifs is 1. The molecule has 1 aromatic heterocycles. The Morgan fingerprint density at radius 1 is 1.19 bits per heavy atom. The van der Waals surface area contributed by atoms with Gasteiger partial charge in [-0.3, -0.25) is 0 Å². The number of rotatable bonds is 2. The first-order valence-corrected chi connectivity index (χ1v) is 7.98. The van der Waals surface area contributed by atoms with E-state index in [0.717, 1.165) is 11.9 Å². The Morgan fingerprint density at radius 3 is 2.67 bits per heavy atom. The quantitative estimate of drug-likeness (QED) is 0.837. The molecule has 0 aliphatic carbocycles. The minimum absolute atomic E-state index is 0.133. The van der Waals surface area contributed by atoms with E-state index in [1.807, 2.05) is 11.5 Å². The van der Waals surface area contributed by atoms with Gasteiger partial charge in [0.2, 0.25) is 10.0 Å². The fourth-order valence-electron chi connectivity index (χ4n) is 2.53. The van der Waals surface area contributed by atoms with Crippen molar-refractivity contribution in [1.29, 1.82) is 0 Å².